The molecule has 1 aliphatic rings. The maximum atomic E-state index is 13.9. The first-order chi connectivity index (χ1) is 15.5. The van der Waals surface area contributed by atoms with Gasteiger partial charge in [-0.25, -0.2) is 4.98 Å². The van der Waals surface area contributed by atoms with Crippen LogP contribution in [0.1, 0.15) is 34.1 Å². The molecule has 0 radical (unpaired) electrons. The Labute approximate surface area is 196 Å². The molecule has 0 spiro atoms. The fraction of sp³-hybridized carbons (Fsp3) is 0.308. The molecule has 0 amide bonds. The number of likely N-dealkylation sites (N-methyl/N-ethyl adjacent to an activating group) is 1. The molecule has 4 aromatic rings. The molecule has 0 bridgehead atoms. The molecule has 0 saturated carbocycles. The summed E-state index contributed by atoms with van der Waals surface area (Å²) in [5.74, 6) is 0.777. The van der Waals surface area contributed by atoms with Crippen molar-refractivity contribution in [3.8, 4) is 5.69 Å². The van der Waals surface area contributed by atoms with Crippen LogP contribution in [0.5, 0.6) is 0 Å². The lowest BCUT2D eigenvalue weighted by atomic mass is 10.1. The van der Waals surface area contributed by atoms with E-state index in [4.69, 9.17) is 4.98 Å². The van der Waals surface area contributed by atoms with Crippen molar-refractivity contribution in [1.29, 1.82) is 0 Å². The highest BCUT2D eigenvalue weighted by molar-refractivity contribution is 7.98. The standard InChI is InChI=1S/C26H27N3OS2/c1-4-28-14-13-21-22(15-28)32-24-23(21)25(30)29(20-11-7-18(3)8-12-20)26(27-24)31-16-19-9-5-17(2)6-10-19/h5-12H,4,13-16H2,1-3H3. The highest BCUT2D eigenvalue weighted by atomic mass is 32.2. The van der Waals surface area contributed by atoms with Crippen molar-refractivity contribution in [2.75, 3.05) is 13.1 Å². The van der Waals surface area contributed by atoms with Crippen LogP contribution < -0.4 is 5.56 Å². The van der Waals surface area contributed by atoms with Crippen LogP contribution in [0.25, 0.3) is 15.9 Å². The molecule has 0 N–H and O–H groups in total. The van der Waals surface area contributed by atoms with Crippen LogP contribution in [0.3, 0.4) is 0 Å². The summed E-state index contributed by atoms with van der Waals surface area (Å²) in [7, 11) is 0. The average Bonchev–Trinajstić information content (AvgIpc) is 3.17. The highest BCUT2D eigenvalue weighted by Crippen LogP contribution is 2.34. The number of rotatable bonds is 5. The van der Waals surface area contributed by atoms with E-state index in [1.165, 1.54) is 27.1 Å². The van der Waals surface area contributed by atoms with Crippen molar-refractivity contribution in [1.82, 2.24) is 14.5 Å². The van der Waals surface area contributed by atoms with Gasteiger partial charge in [0.2, 0.25) is 0 Å². The van der Waals surface area contributed by atoms with E-state index in [1.807, 2.05) is 16.7 Å². The van der Waals surface area contributed by atoms with E-state index in [2.05, 4.69) is 62.1 Å². The van der Waals surface area contributed by atoms with Crippen molar-refractivity contribution in [2.45, 2.75) is 44.6 Å². The topological polar surface area (TPSA) is 38.1 Å². The van der Waals surface area contributed by atoms with Crippen LogP contribution in [-0.4, -0.2) is 27.5 Å². The van der Waals surface area contributed by atoms with Crippen molar-refractivity contribution in [2.24, 2.45) is 0 Å². The van der Waals surface area contributed by atoms with Gasteiger partial charge in [-0.15, -0.1) is 11.3 Å². The molecule has 164 valence electrons. The largest absolute Gasteiger partial charge is 0.298 e. The molecule has 4 nitrogen and oxygen atoms in total. The van der Waals surface area contributed by atoms with E-state index in [9.17, 15) is 4.79 Å². The summed E-state index contributed by atoms with van der Waals surface area (Å²) in [4.78, 5) is 23.5. The third kappa shape index (κ3) is 4.03. The van der Waals surface area contributed by atoms with Gasteiger partial charge in [0.05, 0.1) is 11.1 Å². The zero-order valence-corrected chi connectivity index (χ0v) is 20.4. The summed E-state index contributed by atoms with van der Waals surface area (Å²) < 4.78 is 1.82. The Bertz CT molecular complexity index is 1320. The number of benzene rings is 2. The van der Waals surface area contributed by atoms with Gasteiger partial charge in [0, 0.05) is 23.7 Å². The first kappa shape index (κ1) is 21.4. The first-order valence-corrected chi connectivity index (χ1v) is 12.9. The predicted molar refractivity (Wildman–Crippen MR) is 135 cm³/mol. The quantitative estimate of drug-likeness (QED) is 0.281. The van der Waals surface area contributed by atoms with Crippen molar-refractivity contribution in [3.05, 3.63) is 86.0 Å². The van der Waals surface area contributed by atoms with Crippen LogP contribution in [0.4, 0.5) is 0 Å². The van der Waals surface area contributed by atoms with E-state index in [0.717, 1.165) is 52.9 Å². The number of thiophene rings is 1. The molecule has 6 heteroatoms. The normalized spacial score (nSPS) is 14.1. The number of nitrogens with zero attached hydrogens (tertiary/aromatic N) is 3. The molecule has 0 aliphatic carbocycles. The van der Waals surface area contributed by atoms with Crippen LogP contribution in [-0.2, 0) is 18.7 Å². The maximum absolute atomic E-state index is 13.9. The second-order valence-corrected chi connectivity index (χ2v) is 10.5. The Morgan fingerprint density at radius 3 is 2.41 bits per heavy atom. The summed E-state index contributed by atoms with van der Waals surface area (Å²) in [6.07, 6.45) is 0.920. The van der Waals surface area contributed by atoms with Crippen molar-refractivity contribution in [3.63, 3.8) is 0 Å². The number of thioether (sulfide) groups is 1. The maximum Gasteiger partial charge on any atom is 0.267 e. The van der Waals surface area contributed by atoms with Crippen molar-refractivity contribution >= 4 is 33.3 Å². The molecule has 2 aromatic heterocycles. The summed E-state index contributed by atoms with van der Waals surface area (Å²) in [5.41, 5.74) is 5.81. The average molecular weight is 462 g/mol. The van der Waals surface area contributed by atoms with E-state index in [0.29, 0.717) is 0 Å². The molecule has 5 rings (SSSR count). The van der Waals surface area contributed by atoms with E-state index in [1.54, 1.807) is 23.1 Å². The molecule has 0 unspecified atom stereocenters. The summed E-state index contributed by atoms with van der Waals surface area (Å²) >= 11 is 3.33. The highest BCUT2D eigenvalue weighted by Gasteiger charge is 2.25. The lowest BCUT2D eigenvalue weighted by Crippen LogP contribution is -2.30. The molecule has 0 fully saturated rings. The molecule has 2 aromatic carbocycles. The predicted octanol–water partition coefficient (Wildman–Crippen LogP) is 5.73. The Balaban J connectivity index is 1.63. The fourth-order valence-electron chi connectivity index (χ4n) is 4.20. The van der Waals surface area contributed by atoms with Gasteiger partial charge in [0.15, 0.2) is 5.16 Å². The molecule has 1 aliphatic heterocycles. The molecule has 32 heavy (non-hydrogen) atoms. The smallest absolute Gasteiger partial charge is 0.267 e. The first-order valence-electron chi connectivity index (χ1n) is 11.1. The van der Waals surface area contributed by atoms with E-state index in [-0.39, 0.29) is 5.56 Å². The lowest BCUT2D eigenvalue weighted by molar-refractivity contribution is 0.272. The minimum atomic E-state index is 0.0627. The summed E-state index contributed by atoms with van der Waals surface area (Å²) in [5, 5.41) is 1.58. The van der Waals surface area contributed by atoms with Crippen LogP contribution in [0.15, 0.2) is 58.5 Å². The second-order valence-electron chi connectivity index (χ2n) is 8.45. The zero-order valence-electron chi connectivity index (χ0n) is 18.7. The Morgan fingerprint density at radius 1 is 1.03 bits per heavy atom. The minimum absolute atomic E-state index is 0.0627. The molecular weight excluding hydrogens is 434 g/mol. The molecule has 3 heterocycles. The van der Waals surface area contributed by atoms with E-state index < -0.39 is 0 Å². The number of hydrogen-bond acceptors (Lipinski definition) is 5. The van der Waals surface area contributed by atoms with Gasteiger partial charge in [0.25, 0.3) is 5.56 Å². The van der Waals surface area contributed by atoms with Gasteiger partial charge in [-0.05, 0) is 50.1 Å². The third-order valence-corrected chi connectivity index (χ3v) is 8.27. The van der Waals surface area contributed by atoms with Gasteiger partial charge in [-0.3, -0.25) is 14.3 Å². The number of aryl methyl sites for hydroxylation is 2. The summed E-state index contributed by atoms with van der Waals surface area (Å²) in [6.45, 7) is 9.31. The van der Waals surface area contributed by atoms with Gasteiger partial charge in [-0.2, -0.15) is 0 Å². The zero-order chi connectivity index (χ0) is 22.2. The monoisotopic (exact) mass is 461 g/mol. The third-order valence-electron chi connectivity index (χ3n) is 6.15. The molecule has 0 saturated heterocycles. The van der Waals surface area contributed by atoms with Gasteiger partial charge in [0.1, 0.15) is 4.83 Å². The lowest BCUT2D eigenvalue weighted by Gasteiger charge is -2.25. The Kier molecular flexibility index (Phi) is 5.93. The SMILES string of the molecule is CCN1CCc2c(sc3nc(SCc4ccc(C)cc4)n(-c4ccc(C)cc4)c(=O)c23)C1. The summed E-state index contributed by atoms with van der Waals surface area (Å²) in [6, 6.07) is 16.7. The molecular formula is C26H27N3OS2. The fourth-order valence-corrected chi connectivity index (χ4v) is 6.47. The van der Waals surface area contributed by atoms with Crippen LogP contribution >= 0.6 is 23.1 Å². The number of hydrogen-bond donors (Lipinski definition) is 0. The second kappa shape index (κ2) is 8.85. The number of fused-ring (bicyclic) bond motifs is 3. The van der Waals surface area contributed by atoms with Crippen LogP contribution in [0, 0.1) is 13.8 Å². The minimum Gasteiger partial charge on any atom is -0.298 e. The van der Waals surface area contributed by atoms with Crippen LogP contribution in [0.2, 0.25) is 0 Å². The Morgan fingerprint density at radius 2 is 1.72 bits per heavy atom. The van der Waals surface area contributed by atoms with Gasteiger partial charge >= 0.3 is 0 Å². The van der Waals surface area contributed by atoms with Gasteiger partial charge in [-0.1, -0.05) is 66.2 Å². The van der Waals surface area contributed by atoms with Crippen molar-refractivity contribution < 1.29 is 0 Å². The van der Waals surface area contributed by atoms with E-state index >= 15 is 0 Å². The number of aromatic nitrogens is 2. The Hall–Kier alpha value is -2.41. The van der Waals surface area contributed by atoms with Gasteiger partial charge < -0.3 is 0 Å². The molecule has 0 atom stereocenters.